The molecule has 0 spiro atoms. The number of carbonyl (C=O) groups excluding carboxylic acids is 3. The molecule has 0 aromatic heterocycles. The first kappa shape index (κ1) is 11.2. The van der Waals surface area contributed by atoms with E-state index in [2.05, 4.69) is 21.9 Å². The number of ether oxygens (including phenoxy) is 1. The Morgan fingerprint density at radius 3 is 2.15 bits per heavy atom. The normalized spacial score (nSPS) is 9.62. The van der Waals surface area contributed by atoms with Gasteiger partial charge >= 0.3 is 5.97 Å². The summed E-state index contributed by atoms with van der Waals surface area (Å²) in [5, 5.41) is 4.22. The molecule has 6 nitrogen and oxygen atoms in total. The molecule has 13 heavy (non-hydrogen) atoms. The van der Waals surface area contributed by atoms with Crippen molar-refractivity contribution in [3.8, 4) is 0 Å². The monoisotopic (exact) mass is 186 g/mol. The maximum atomic E-state index is 10.7. The van der Waals surface area contributed by atoms with Gasteiger partial charge in [-0.05, 0) is 0 Å². The van der Waals surface area contributed by atoms with Crippen LogP contribution in [-0.2, 0) is 19.1 Å². The fourth-order valence-corrected chi connectivity index (χ4v) is 0.568. The third kappa shape index (κ3) is 3.90. The lowest BCUT2D eigenvalue weighted by Gasteiger charge is -2.26. The smallest absolute Gasteiger partial charge is 0.333 e. The van der Waals surface area contributed by atoms with Crippen molar-refractivity contribution in [3.05, 3.63) is 12.7 Å². The number of amides is 2. The zero-order valence-electron chi connectivity index (χ0n) is 7.07. The molecule has 0 aliphatic carbocycles. The van der Waals surface area contributed by atoms with Crippen LogP contribution in [-0.4, -0.2) is 24.6 Å². The maximum Gasteiger partial charge on any atom is 0.333 e. The topological polar surface area (TPSA) is 84.5 Å². The van der Waals surface area contributed by atoms with E-state index in [0.717, 1.165) is 6.08 Å². The van der Waals surface area contributed by atoms with E-state index in [1.165, 1.54) is 6.92 Å². The van der Waals surface area contributed by atoms with Gasteiger partial charge in [0.15, 0.2) is 0 Å². The third-order valence-electron chi connectivity index (χ3n) is 1.14. The Kier molecular flexibility index (Phi) is 4.21. The molecule has 2 amide bonds. The van der Waals surface area contributed by atoms with Gasteiger partial charge in [0.1, 0.15) is 0 Å². The summed E-state index contributed by atoms with van der Waals surface area (Å²) in [6, 6.07) is 0. The predicted octanol–water partition coefficient (Wildman–Crippen LogP) is -1.12. The first-order valence-electron chi connectivity index (χ1n) is 3.36. The minimum atomic E-state index is -1.53. The van der Waals surface area contributed by atoms with E-state index in [4.69, 9.17) is 0 Å². The molecule has 0 heterocycles. The summed E-state index contributed by atoms with van der Waals surface area (Å²) in [6.45, 7) is 4.46. The molecule has 0 rings (SSSR count). The van der Waals surface area contributed by atoms with E-state index in [-0.39, 0.29) is 0 Å². The molecule has 0 atom stereocenters. The van der Waals surface area contributed by atoms with Crippen LogP contribution < -0.4 is 10.6 Å². The summed E-state index contributed by atoms with van der Waals surface area (Å²) in [5.41, 5.74) is 0. The lowest BCUT2D eigenvalue weighted by Crippen LogP contribution is -2.56. The van der Waals surface area contributed by atoms with Crippen molar-refractivity contribution in [2.24, 2.45) is 0 Å². The number of hydrogen-bond donors (Lipinski definition) is 2. The fourth-order valence-electron chi connectivity index (χ4n) is 0.568. The SMILES string of the molecule is C=CC(=O)OC(C)(NC=O)NC=O. The van der Waals surface area contributed by atoms with Crippen LogP contribution in [0.25, 0.3) is 0 Å². The molecule has 0 saturated heterocycles. The van der Waals surface area contributed by atoms with Crippen LogP contribution in [0.5, 0.6) is 0 Å². The van der Waals surface area contributed by atoms with E-state index >= 15 is 0 Å². The lowest BCUT2D eigenvalue weighted by molar-refractivity contribution is -0.160. The highest BCUT2D eigenvalue weighted by Crippen LogP contribution is 1.99. The summed E-state index contributed by atoms with van der Waals surface area (Å²) >= 11 is 0. The minimum absolute atomic E-state index is 0.298. The van der Waals surface area contributed by atoms with Gasteiger partial charge in [-0.3, -0.25) is 9.59 Å². The molecule has 0 unspecified atom stereocenters. The van der Waals surface area contributed by atoms with Crippen LogP contribution in [0.1, 0.15) is 6.92 Å². The van der Waals surface area contributed by atoms with Crippen LogP contribution >= 0.6 is 0 Å². The Morgan fingerprint density at radius 1 is 1.38 bits per heavy atom. The zero-order valence-corrected chi connectivity index (χ0v) is 7.07. The van der Waals surface area contributed by atoms with Gasteiger partial charge in [-0.15, -0.1) is 0 Å². The minimum Gasteiger partial charge on any atom is -0.417 e. The Bertz CT molecular complexity index is 217. The average Bonchev–Trinajstić information content (AvgIpc) is 2.04. The predicted molar refractivity (Wildman–Crippen MR) is 43.1 cm³/mol. The molecule has 0 aliphatic rings. The quantitative estimate of drug-likeness (QED) is 0.238. The number of hydrogen-bond acceptors (Lipinski definition) is 4. The van der Waals surface area contributed by atoms with Crippen LogP contribution in [0, 0.1) is 0 Å². The number of nitrogens with one attached hydrogen (secondary N) is 2. The first-order valence-corrected chi connectivity index (χ1v) is 3.36. The van der Waals surface area contributed by atoms with Gasteiger partial charge < -0.3 is 15.4 Å². The molecule has 0 aliphatic heterocycles. The zero-order chi connectivity index (χ0) is 10.3. The summed E-state index contributed by atoms with van der Waals surface area (Å²) < 4.78 is 4.63. The summed E-state index contributed by atoms with van der Waals surface area (Å²) in [7, 11) is 0. The average molecular weight is 186 g/mol. The molecule has 0 saturated carbocycles. The second-order valence-corrected chi connectivity index (χ2v) is 2.18. The van der Waals surface area contributed by atoms with E-state index < -0.39 is 11.8 Å². The second-order valence-electron chi connectivity index (χ2n) is 2.18. The molecule has 72 valence electrons. The van der Waals surface area contributed by atoms with E-state index in [1.54, 1.807) is 0 Å². The lowest BCUT2D eigenvalue weighted by atomic mass is 10.4. The highest BCUT2D eigenvalue weighted by Gasteiger charge is 2.25. The standard InChI is InChI=1S/C7H10N2O4/c1-3-6(12)13-7(2,8-4-10)9-5-11/h3-5H,1H2,2H3,(H,8,10)(H,9,11). The van der Waals surface area contributed by atoms with Crippen molar-refractivity contribution in [2.75, 3.05) is 0 Å². The van der Waals surface area contributed by atoms with Crippen LogP contribution in [0.15, 0.2) is 12.7 Å². The Balaban J connectivity index is 4.37. The van der Waals surface area contributed by atoms with E-state index in [1.807, 2.05) is 0 Å². The van der Waals surface area contributed by atoms with Crippen molar-refractivity contribution < 1.29 is 19.1 Å². The van der Waals surface area contributed by atoms with Crippen molar-refractivity contribution in [2.45, 2.75) is 12.8 Å². The molecule has 2 N–H and O–H groups in total. The molecule has 0 aromatic rings. The van der Waals surface area contributed by atoms with E-state index in [9.17, 15) is 14.4 Å². The van der Waals surface area contributed by atoms with Gasteiger partial charge in [0.05, 0.1) is 0 Å². The summed E-state index contributed by atoms with van der Waals surface area (Å²) in [5.74, 6) is -2.29. The maximum absolute atomic E-state index is 10.7. The van der Waals surface area contributed by atoms with Crippen molar-refractivity contribution in [1.29, 1.82) is 0 Å². The highest BCUT2D eigenvalue weighted by molar-refractivity contribution is 5.81. The highest BCUT2D eigenvalue weighted by atomic mass is 16.6. The van der Waals surface area contributed by atoms with Gasteiger partial charge in [0.25, 0.3) is 5.85 Å². The first-order chi connectivity index (χ1) is 6.08. The molecular weight excluding hydrogens is 176 g/mol. The summed E-state index contributed by atoms with van der Waals surface area (Å²) in [6.07, 6.45) is 1.51. The molecule has 6 heteroatoms. The summed E-state index contributed by atoms with van der Waals surface area (Å²) in [4.78, 5) is 30.9. The van der Waals surface area contributed by atoms with Gasteiger partial charge in [0.2, 0.25) is 12.8 Å². The Labute approximate surface area is 74.9 Å². The Hall–Kier alpha value is -1.85. The molecular formula is C7H10N2O4. The van der Waals surface area contributed by atoms with Gasteiger partial charge in [-0.2, -0.15) is 0 Å². The Morgan fingerprint density at radius 2 is 1.85 bits per heavy atom. The van der Waals surface area contributed by atoms with Crippen LogP contribution in [0.2, 0.25) is 0 Å². The number of carbonyl (C=O) groups is 3. The van der Waals surface area contributed by atoms with Gasteiger partial charge in [0, 0.05) is 13.0 Å². The van der Waals surface area contributed by atoms with E-state index in [0.29, 0.717) is 12.8 Å². The van der Waals surface area contributed by atoms with Crippen molar-refractivity contribution in [3.63, 3.8) is 0 Å². The largest absolute Gasteiger partial charge is 0.417 e. The van der Waals surface area contributed by atoms with Gasteiger partial charge in [-0.1, -0.05) is 6.58 Å². The molecule has 0 aromatic carbocycles. The fraction of sp³-hybridized carbons (Fsp3) is 0.286. The van der Waals surface area contributed by atoms with Crippen molar-refractivity contribution >= 4 is 18.8 Å². The number of esters is 1. The molecule has 0 fully saturated rings. The third-order valence-corrected chi connectivity index (χ3v) is 1.14. The van der Waals surface area contributed by atoms with Gasteiger partial charge in [-0.25, -0.2) is 4.79 Å². The van der Waals surface area contributed by atoms with Crippen LogP contribution in [0.4, 0.5) is 0 Å². The second kappa shape index (κ2) is 4.91. The number of rotatable bonds is 6. The van der Waals surface area contributed by atoms with Crippen LogP contribution in [0.3, 0.4) is 0 Å². The van der Waals surface area contributed by atoms with Crippen molar-refractivity contribution in [1.82, 2.24) is 10.6 Å². The molecule has 0 bridgehead atoms. The molecule has 0 radical (unpaired) electrons.